The van der Waals surface area contributed by atoms with E-state index in [1.165, 1.54) is 19.3 Å². The van der Waals surface area contributed by atoms with Crippen LogP contribution in [0.3, 0.4) is 0 Å². The summed E-state index contributed by atoms with van der Waals surface area (Å²) in [6.45, 7) is 0.608. The molecular formula is C27H34N2O4. The molecule has 0 aromatic heterocycles. The van der Waals surface area contributed by atoms with Crippen LogP contribution in [0.5, 0.6) is 11.5 Å². The predicted octanol–water partition coefficient (Wildman–Crippen LogP) is 4.26. The molecule has 0 spiro atoms. The molecule has 1 aliphatic heterocycles. The molecule has 2 amide bonds. The third kappa shape index (κ3) is 5.32. The Morgan fingerprint density at radius 1 is 1.00 bits per heavy atom. The number of fused-ring (bicyclic) bond motifs is 1. The van der Waals surface area contributed by atoms with Crippen molar-refractivity contribution in [1.82, 2.24) is 10.2 Å². The number of methoxy groups -OCH3 is 2. The minimum Gasteiger partial charge on any atom is -0.493 e. The molecule has 1 aliphatic carbocycles. The zero-order valence-electron chi connectivity index (χ0n) is 19.6. The van der Waals surface area contributed by atoms with Crippen LogP contribution in [0.4, 0.5) is 0 Å². The van der Waals surface area contributed by atoms with Gasteiger partial charge in [-0.15, -0.1) is 0 Å². The van der Waals surface area contributed by atoms with Crippen molar-refractivity contribution in [2.24, 2.45) is 5.92 Å². The molecule has 4 rings (SSSR count). The van der Waals surface area contributed by atoms with E-state index in [0.717, 1.165) is 36.0 Å². The van der Waals surface area contributed by atoms with Crippen LogP contribution in [0.1, 0.15) is 61.3 Å². The van der Waals surface area contributed by atoms with Gasteiger partial charge in [0.1, 0.15) is 0 Å². The minimum atomic E-state index is -0.238. The molecule has 1 fully saturated rings. The lowest BCUT2D eigenvalue weighted by atomic mass is 9.87. The number of nitrogens with one attached hydrogen (secondary N) is 1. The molecule has 0 radical (unpaired) electrons. The molecule has 1 heterocycles. The Bertz CT molecular complexity index is 970. The fourth-order valence-electron chi connectivity index (χ4n) is 5.21. The predicted molar refractivity (Wildman–Crippen MR) is 127 cm³/mol. The van der Waals surface area contributed by atoms with Crippen LogP contribution in [-0.2, 0) is 16.0 Å². The van der Waals surface area contributed by atoms with Gasteiger partial charge in [-0.1, -0.05) is 49.6 Å². The SMILES string of the molecule is COc1cc2c(cc1OC)C(c1ccccc1)N(C(=O)CNC(=O)CC1CCCCC1)CC2. The number of hydrogen-bond acceptors (Lipinski definition) is 4. The molecule has 2 aromatic rings. The van der Waals surface area contributed by atoms with Gasteiger partial charge in [-0.25, -0.2) is 0 Å². The molecule has 6 nitrogen and oxygen atoms in total. The second kappa shape index (κ2) is 10.7. The molecule has 6 heteroatoms. The highest BCUT2D eigenvalue weighted by Crippen LogP contribution is 2.41. The van der Waals surface area contributed by atoms with Crippen molar-refractivity contribution in [3.8, 4) is 11.5 Å². The van der Waals surface area contributed by atoms with Crippen molar-refractivity contribution in [2.75, 3.05) is 27.3 Å². The van der Waals surface area contributed by atoms with Crippen LogP contribution < -0.4 is 14.8 Å². The summed E-state index contributed by atoms with van der Waals surface area (Å²) in [5, 5.41) is 2.89. The lowest BCUT2D eigenvalue weighted by Gasteiger charge is -2.38. The quantitative estimate of drug-likeness (QED) is 0.684. The van der Waals surface area contributed by atoms with E-state index in [0.29, 0.717) is 30.4 Å². The number of hydrogen-bond donors (Lipinski definition) is 1. The first-order valence-electron chi connectivity index (χ1n) is 12.0. The molecule has 1 atom stereocenters. The lowest BCUT2D eigenvalue weighted by Crippen LogP contribution is -2.45. The molecule has 1 N–H and O–H groups in total. The van der Waals surface area contributed by atoms with Gasteiger partial charge < -0.3 is 19.7 Å². The van der Waals surface area contributed by atoms with Crippen molar-refractivity contribution >= 4 is 11.8 Å². The van der Waals surface area contributed by atoms with Crippen molar-refractivity contribution in [3.05, 3.63) is 59.2 Å². The van der Waals surface area contributed by atoms with Crippen LogP contribution in [0.25, 0.3) is 0 Å². The number of rotatable bonds is 7. The first kappa shape index (κ1) is 23.1. The van der Waals surface area contributed by atoms with Crippen molar-refractivity contribution in [1.29, 1.82) is 0 Å². The van der Waals surface area contributed by atoms with Gasteiger partial charge >= 0.3 is 0 Å². The number of benzene rings is 2. The Morgan fingerprint density at radius 2 is 1.70 bits per heavy atom. The summed E-state index contributed by atoms with van der Waals surface area (Å²) in [5.74, 6) is 1.71. The zero-order valence-corrected chi connectivity index (χ0v) is 19.6. The van der Waals surface area contributed by atoms with Gasteiger partial charge in [0, 0.05) is 13.0 Å². The molecule has 1 unspecified atom stereocenters. The van der Waals surface area contributed by atoms with Gasteiger partial charge in [-0.3, -0.25) is 9.59 Å². The van der Waals surface area contributed by atoms with Crippen molar-refractivity contribution < 1.29 is 19.1 Å². The monoisotopic (exact) mass is 450 g/mol. The summed E-state index contributed by atoms with van der Waals surface area (Å²) in [7, 11) is 3.25. The summed E-state index contributed by atoms with van der Waals surface area (Å²) in [6.07, 6.45) is 7.16. The third-order valence-corrected chi connectivity index (χ3v) is 6.94. The van der Waals surface area contributed by atoms with Crippen molar-refractivity contribution in [3.63, 3.8) is 0 Å². The van der Waals surface area contributed by atoms with E-state index in [2.05, 4.69) is 5.32 Å². The summed E-state index contributed by atoms with van der Waals surface area (Å²) >= 11 is 0. The topological polar surface area (TPSA) is 67.9 Å². The summed E-state index contributed by atoms with van der Waals surface area (Å²) < 4.78 is 11.0. The Balaban J connectivity index is 1.53. The number of nitrogens with zero attached hydrogens (tertiary/aromatic N) is 1. The number of amides is 2. The lowest BCUT2D eigenvalue weighted by molar-refractivity contribution is -0.134. The van der Waals surface area contributed by atoms with E-state index in [1.54, 1.807) is 14.2 Å². The number of ether oxygens (including phenoxy) is 2. The molecule has 176 valence electrons. The average Bonchev–Trinajstić information content (AvgIpc) is 2.86. The fourth-order valence-corrected chi connectivity index (χ4v) is 5.21. The highest BCUT2D eigenvalue weighted by molar-refractivity contribution is 5.85. The first-order chi connectivity index (χ1) is 16.1. The van der Waals surface area contributed by atoms with E-state index in [1.807, 2.05) is 47.4 Å². The van der Waals surface area contributed by atoms with Gasteiger partial charge in [0.15, 0.2) is 11.5 Å². The van der Waals surface area contributed by atoms with E-state index in [9.17, 15) is 9.59 Å². The van der Waals surface area contributed by atoms with Crippen LogP contribution in [-0.4, -0.2) is 44.0 Å². The Morgan fingerprint density at radius 3 is 2.39 bits per heavy atom. The van der Waals surface area contributed by atoms with Gasteiger partial charge in [0.05, 0.1) is 26.8 Å². The summed E-state index contributed by atoms with van der Waals surface area (Å²) in [6, 6.07) is 13.8. The molecular weight excluding hydrogens is 416 g/mol. The van der Waals surface area contributed by atoms with E-state index in [-0.39, 0.29) is 24.4 Å². The Kier molecular flexibility index (Phi) is 7.53. The molecule has 2 aliphatic rings. The summed E-state index contributed by atoms with van der Waals surface area (Å²) in [5.41, 5.74) is 3.21. The minimum absolute atomic E-state index is 0.0182. The number of carbonyl (C=O) groups is 2. The van der Waals surface area contributed by atoms with E-state index < -0.39 is 0 Å². The Hall–Kier alpha value is -3.02. The maximum Gasteiger partial charge on any atom is 0.242 e. The molecule has 33 heavy (non-hydrogen) atoms. The largest absolute Gasteiger partial charge is 0.493 e. The fraction of sp³-hybridized carbons (Fsp3) is 0.481. The maximum absolute atomic E-state index is 13.3. The first-order valence-corrected chi connectivity index (χ1v) is 12.0. The zero-order chi connectivity index (χ0) is 23.2. The molecule has 0 bridgehead atoms. The van der Waals surface area contributed by atoms with Crippen LogP contribution in [0.2, 0.25) is 0 Å². The van der Waals surface area contributed by atoms with Gasteiger partial charge in [0.2, 0.25) is 11.8 Å². The van der Waals surface area contributed by atoms with E-state index >= 15 is 0 Å². The van der Waals surface area contributed by atoms with Crippen LogP contribution in [0.15, 0.2) is 42.5 Å². The van der Waals surface area contributed by atoms with Crippen molar-refractivity contribution in [2.45, 2.75) is 51.0 Å². The second-order valence-electron chi connectivity index (χ2n) is 9.04. The van der Waals surface area contributed by atoms with Gasteiger partial charge in [0.25, 0.3) is 0 Å². The van der Waals surface area contributed by atoms with E-state index in [4.69, 9.17) is 9.47 Å². The summed E-state index contributed by atoms with van der Waals surface area (Å²) in [4.78, 5) is 27.7. The standard InChI is InChI=1S/C27H34N2O4/c1-32-23-16-21-13-14-29(26(31)18-28-25(30)15-19-9-5-3-6-10-19)27(20-11-7-4-8-12-20)22(21)17-24(23)33-2/h4,7-8,11-12,16-17,19,27H,3,5-6,9-10,13-15,18H2,1-2H3,(H,28,30). The van der Waals surface area contributed by atoms with Crippen LogP contribution in [0, 0.1) is 5.92 Å². The maximum atomic E-state index is 13.3. The second-order valence-corrected chi connectivity index (χ2v) is 9.04. The van der Waals surface area contributed by atoms with Gasteiger partial charge in [-0.05, 0) is 54.0 Å². The number of carbonyl (C=O) groups excluding carboxylic acids is 2. The highest BCUT2D eigenvalue weighted by atomic mass is 16.5. The average molecular weight is 451 g/mol. The molecule has 2 aromatic carbocycles. The van der Waals surface area contributed by atoms with Gasteiger partial charge in [-0.2, -0.15) is 0 Å². The van der Waals surface area contributed by atoms with Crippen LogP contribution >= 0.6 is 0 Å². The third-order valence-electron chi connectivity index (χ3n) is 6.94. The smallest absolute Gasteiger partial charge is 0.242 e. The molecule has 0 saturated heterocycles. The highest BCUT2D eigenvalue weighted by Gasteiger charge is 2.33. The normalized spacial score (nSPS) is 18.4. The Labute approximate surface area is 196 Å². The molecule has 1 saturated carbocycles.